The van der Waals surface area contributed by atoms with Crippen molar-refractivity contribution in [1.29, 1.82) is 0 Å². The van der Waals surface area contributed by atoms with Gasteiger partial charge in [0.15, 0.2) is 4.96 Å². The minimum absolute atomic E-state index is 0.356. The van der Waals surface area contributed by atoms with Crippen LogP contribution in [0.25, 0.3) is 26.6 Å². The van der Waals surface area contributed by atoms with Gasteiger partial charge < -0.3 is 4.74 Å². The first-order valence-electron chi connectivity index (χ1n) is 6.41. The summed E-state index contributed by atoms with van der Waals surface area (Å²) in [6, 6.07) is 9.39. The minimum atomic E-state index is -0.356. The molecule has 22 heavy (non-hydrogen) atoms. The highest BCUT2D eigenvalue weighted by Gasteiger charge is 2.23. The summed E-state index contributed by atoms with van der Waals surface area (Å²) in [5, 5.41) is 2.65. The van der Waals surface area contributed by atoms with Crippen molar-refractivity contribution in [2.45, 2.75) is 0 Å². The fraction of sp³-hybridized carbons (Fsp3) is 0.0667. The van der Waals surface area contributed by atoms with E-state index in [9.17, 15) is 4.79 Å². The van der Waals surface area contributed by atoms with Crippen LogP contribution in [0.2, 0.25) is 5.02 Å². The molecule has 0 aliphatic carbocycles. The van der Waals surface area contributed by atoms with Gasteiger partial charge in [0.1, 0.15) is 15.2 Å². The molecule has 0 radical (unpaired) electrons. The first-order chi connectivity index (χ1) is 10.7. The van der Waals surface area contributed by atoms with E-state index in [4.69, 9.17) is 16.3 Å². The summed E-state index contributed by atoms with van der Waals surface area (Å²) in [7, 11) is 1.39. The van der Waals surface area contributed by atoms with Gasteiger partial charge in [-0.2, -0.15) is 0 Å². The Hall–Kier alpha value is -1.89. The number of fused-ring (bicyclic) bond motifs is 3. The van der Waals surface area contributed by atoms with Crippen LogP contribution in [0, 0.1) is 0 Å². The van der Waals surface area contributed by atoms with Gasteiger partial charge in [-0.25, -0.2) is 9.78 Å². The van der Waals surface area contributed by atoms with Gasteiger partial charge in [-0.05, 0) is 23.6 Å². The van der Waals surface area contributed by atoms with Crippen LogP contribution in [-0.4, -0.2) is 22.5 Å². The second-order valence-corrected chi connectivity index (χ2v) is 6.93. The number of halogens is 1. The molecule has 0 aliphatic heterocycles. The quantitative estimate of drug-likeness (QED) is 0.492. The number of hydrogen-bond acceptors (Lipinski definition) is 5. The Balaban J connectivity index is 2.10. The highest BCUT2D eigenvalue weighted by atomic mass is 35.5. The smallest absolute Gasteiger partial charge is 0.350 e. The van der Waals surface area contributed by atoms with Crippen molar-refractivity contribution >= 4 is 55.6 Å². The molecule has 0 unspecified atom stereocenters. The summed E-state index contributed by atoms with van der Waals surface area (Å²) in [5.41, 5.74) is 2.64. The molecule has 110 valence electrons. The van der Waals surface area contributed by atoms with Crippen molar-refractivity contribution in [3.63, 3.8) is 0 Å². The summed E-state index contributed by atoms with van der Waals surface area (Å²) < 4.78 is 6.94. The van der Waals surface area contributed by atoms with Gasteiger partial charge in [0.25, 0.3) is 0 Å². The topological polar surface area (TPSA) is 43.6 Å². The normalized spacial score (nSPS) is 11.4. The summed E-state index contributed by atoms with van der Waals surface area (Å²) >= 11 is 8.91. The number of hydrogen-bond donors (Lipinski definition) is 0. The fourth-order valence-corrected chi connectivity index (χ4v) is 4.49. The number of carbonyl (C=O) groups excluding carboxylic acids is 1. The van der Waals surface area contributed by atoms with Gasteiger partial charge in [0, 0.05) is 10.6 Å². The maximum Gasteiger partial charge on any atom is 0.350 e. The van der Waals surface area contributed by atoms with Gasteiger partial charge in [0.05, 0.1) is 12.8 Å². The number of nitrogens with zero attached hydrogens (tertiary/aromatic N) is 2. The molecule has 0 aliphatic rings. The lowest BCUT2D eigenvalue weighted by atomic mass is 10.1. The second-order valence-electron chi connectivity index (χ2n) is 4.62. The van der Waals surface area contributed by atoms with E-state index in [-0.39, 0.29) is 5.97 Å². The summed E-state index contributed by atoms with van der Waals surface area (Å²) in [6.07, 6.45) is 0. The van der Waals surface area contributed by atoms with E-state index in [2.05, 4.69) is 4.98 Å². The zero-order valence-corrected chi connectivity index (χ0v) is 13.8. The molecule has 0 N–H and O–H groups in total. The second kappa shape index (κ2) is 5.08. The maximum atomic E-state index is 12.1. The van der Waals surface area contributed by atoms with Crippen molar-refractivity contribution in [3.8, 4) is 11.3 Å². The number of ether oxygens (including phenoxy) is 1. The molecule has 0 amide bonds. The zero-order valence-electron chi connectivity index (χ0n) is 11.4. The fourth-order valence-electron chi connectivity index (χ4n) is 2.39. The zero-order chi connectivity index (χ0) is 15.3. The standard InChI is InChI=1S/C15H9ClN2O2S2/c1-20-14(19)12-11(8-2-4-9(16)5-3-8)18-13-10(6-7-21-13)17-15(18)22-12/h2-7H,1H3. The monoisotopic (exact) mass is 348 g/mol. The van der Waals surface area contributed by atoms with Crippen LogP contribution < -0.4 is 0 Å². The van der Waals surface area contributed by atoms with Crippen molar-refractivity contribution in [3.05, 3.63) is 45.6 Å². The van der Waals surface area contributed by atoms with E-state index in [0.717, 1.165) is 26.6 Å². The molecule has 0 spiro atoms. The van der Waals surface area contributed by atoms with Crippen LogP contribution >= 0.6 is 34.3 Å². The molecule has 3 heterocycles. The summed E-state index contributed by atoms with van der Waals surface area (Å²) in [5.74, 6) is -0.356. The number of esters is 1. The van der Waals surface area contributed by atoms with Crippen LogP contribution in [0.3, 0.4) is 0 Å². The first-order valence-corrected chi connectivity index (χ1v) is 8.49. The van der Waals surface area contributed by atoms with Gasteiger partial charge in [-0.15, -0.1) is 11.3 Å². The number of rotatable bonds is 2. The molecule has 4 aromatic rings. The van der Waals surface area contributed by atoms with Gasteiger partial charge in [-0.1, -0.05) is 35.1 Å². The van der Waals surface area contributed by atoms with Gasteiger partial charge in [-0.3, -0.25) is 4.40 Å². The Labute approximate surface area is 138 Å². The lowest BCUT2D eigenvalue weighted by Gasteiger charge is -2.04. The molecular formula is C15H9ClN2O2S2. The Kier molecular flexibility index (Phi) is 3.18. The van der Waals surface area contributed by atoms with Gasteiger partial charge in [0.2, 0.25) is 0 Å². The summed E-state index contributed by atoms with van der Waals surface area (Å²) in [6.45, 7) is 0. The van der Waals surface area contributed by atoms with Crippen LogP contribution in [-0.2, 0) is 4.74 Å². The van der Waals surface area contributed by atoms with E-state index >= 15 is 0 Å². The van der Waals surface area contributed by atoms with Crippen LogP contribution in [0.5, 0.6) is 0 Å². The first kappa shape index (κ1) is 13.8. The van der Waals surface area contributed by atoms with Crippen molar-refractivity contribution in [2.24, 2.45) is 0 Å². The van der Waals surface area contributed by atoms with Gasteiger partial charge >= 0.3 is 5.97 Å². The molecule has 4 nitrogen and oxygen atoms in total. The lowest BCUT2D eigenvalue weighted by molar-refractivity contribution is 0.0607. The van der Waals surface area contributed by atoms with E-state index < -0.39 is 0 Å². The van der Waals surface area contributed by atoms with E-state index in [1.54, 1.807) is 11.3 Å². The molecule has 0 bridgehead atoms. The Morgan fingerprint density at radius 3 is 2.77 bits per heavy atom. The third-order valence-electron chi connectivity index (χ3n) is 3.36. The molecule has 3 aromatic heterocycles. The van der Waals surface area contributed by atoms with E-state index in [1.165, 1.54) is 18.4 Å². The number of thiophene rings is 1. The number of thiazole rings is 1. The van der Waals surface area contributed by atoms with Crippen molar-refractivity contribution < 1.29 is 9.53 Å². The van der Waals surface area contributed by atoms with E-state index in [1.807, 2.05) is 40.1 Å². The molecule has 0 fully saturated rings. The molecule has 1 aromatic carbocycles. The number of aromatic nitrogens is 2. The number of imidazole rings is 1. The average Bonchev–Trinajstić information content (AvgIpc) is 3.17. The third-order valence-corrected chi connectivity index (χ3v) is 5.52. The molecular weight excluding hydrogens is 340 g/mol. The molecule has 0 saturated carbocycles. The molecule has 7 heteroatoms. The van der Waals surface area contributed by atoms with Crippen LogP contribution in [0.4, 0.5) is 0 Å². The van der Waals surface area contributed by atoms with Crippen molar-refractivity contribution in [1.82, 2.24) is 9.38 Å². The SMILES string of the molecule is COC(=O)c1sc2nc3ccsc3n2c1-c1ccc(Cl)cc1. The van der Waals surface area contributed by atoms with Crippen LogP contribution in [0.1, 0.15) is 9.67 Å². The largest absolute Gasteiger partial charge is 0.465 e. The predicted octanol–water partition coefficient (Wildman–Crippen LogP) is 4.72. The highest BCUT2D eigenvalue weighted by molar-refractivity contribution is 7.20. The summed E-state index contributed by atoms with van der Waals surface area (Å²) in [4.78, 5) is 19.1. The predicted molar refractivity (Wildman–Crippen MR) is 90.2 cm³/mol. The molecule has 4 rings (SSSR count). The Morgan fingerprint density at radius 2 is 2.05 bits per heavy atom. The number of benzene rings is 1. The Bertz CT molecular complexity index is 998. The third kappa shape index (κ3) is 1.95. The molecule has 0 saturated heterocycles. The van der Waals surface area contributed by atoms with E-state index in [0.29, 0.717) is 9.90 Å². The minimum Gasteiger partial charge on any atom is -0.465 e. The maximum absolute atomic E-state index is 12.1. The average molecular weight is 349 g/mol. The number of methoxy groups -OCH3 is 1. The lowest BCUT2D eigenvalue weighted by Crippen LogP contribution is -2.01. The number of carbonyl (C=O) groups is 1. The van der Waals surface area contributed by atoms with Crippen LogP contribution in [0.15, 0.2) is 35.7 Å². The van der Waals surface area contributed by atoms with Crippen molar-refractivity contribution in [2.75, 3.05) is 7.11 Å². The molecule has 0 atom stereocenters. The Morgan fingerprint density at radius 1 is 1.27 bits per heavy atom. The highest BCUT2D eigenvalue weighted by Crippen LogP contribution is 2.37.